The van der Waals surface area contributed by atoms with Crippen molar-refractivity contribution in [2.45, 2.75) is 37.2 Å². The van der Waals surface area contributed by atoms with Crippen molar-refractivity contribution in [2.75, 3.05) is 23.3 Å². The number of amides is 4. The number of fused-ring (bicyclic) bond motifs is 1. The molecule has 0 aliphatic carbocycles. The molecule has 16 nitrogen and oxygen atoms in total. The number of allylic oxidation sites excluding steroid dienone is 1. The minimum atomic E-state index is -1.61. The number of likely N-dealkylation sites (tertiary alicyclic amines) is 1. The second-order valence-corrected chi connectivity index (χ2v) is 12.3. The summed E-state index contributed by atoms with van der Waals surface area (Å²) in [6, 6.07) is 5.57. The van der Waals surface area contributed by atoms with Crippen LogP contribution in [0.2, 0.25) is 0 Å². The molecule has 2 atom stereocenters. The van der Waals surface area contributed by atoms with Gasteiger partial charge in [-0.2, -0.15) is 0 Å². The standard InChI is InChI=1S/C28H27N7O9S2.2Na/c29-28-31-17(12-46-28)20(33-44)23(39)32-21-25(41)35-22(27(42)43)15(11-45-26(21)35)9-14-7-8-34(24(14)40)10-13-1-3-16(4-2-13)30-18(36)5-6-19(37)38;;/h1-4,9,12,21,26,44H,5-8,10-11H2,(H2,29,31)(H,30,36)(H,32,39)(H,37,38)(H,42,43);;/q;2*+1/p-2/b14-9+,33-20-;;/t21-,26-;;/m1../s1. The molecule has 240 valence electrons. The maximum absolute atomic E-state index is 13.2. The zero-order valence-corrected chi connectivity index (χ0v) is 31.4. The number of nitrogens with one attached hydrogen (secondary N) is 2. The fourth-order valence-electron chi connectivity index (χ4n) is 5.08. The number of rotatable bonds is 11. The van der Waals surface area contributed by atoms with Gasteiger partial charge in [-0.15, -0.1) is 23.1 Å². The molecular weight excluding hydrogens is 688 g/mol. The smallest absolute Gasteiger partial charge is 0.550 e. The molecule has 0 spiro atoms. The van der Waals surface area contributed by atoms with Gasteiger partial charge >= 0.3 is 59.1 Å². The number of oxime groups is 1. The summed E-state index contributed by atoms with van der Waals surface area (Å²) in [5.74, 6) is -5.21. The van der Waals surface area contributed by atoms with E-state index in [4.69, 9.17) is 5.73 Å². The number of carbonyl (C=O) groups is 6. The van der Waals surface area contributed by atoms with E-state index in [1.165, 1.54) is 23.2 Å². The number of aromatic nitrogens is 1. The van der Waals surface area contributed by atoms with E-state index in [9.17, 15) is 44.2 Å². The van der Waals surface area contributed by atoms with E-state index in [1.807, 2.05) is 0 Å². The number of anilines is 2. The van der Waals surface area contributed by atoms with E-state index < -0.39 is 58.9 Å². The van der Waals surface area contributed by atoms with Gasteiger partial charge in [0.15, 0.2) is 10.8 Å². The van der Waals surface area contributed by atoms with Crippen LogP contribution >= 0.6 is 23.1 Å². The van der Waals surface area contributed by atoms with Gasteiger partial charge in [0.25, 0.3) is 11.8 Å². The number of aliphatic carboxylic acids is 2. The van der Waals surface area contributed by atoms with Crippen LogP contribution in [0.5, 0.6) is 0 Å². The van der Waals surface area contributed by atoms with Crippen molar-refractivity contribution in [3.8, 4) is 0 Å². The van der Waals surface area contributed by atoms with Crippen molar-refractivity contribution in [1.29, 1.82) is 0 Å². The number of nitrogens with zero attached hydrogens (tertiary/aromatic N) is 4. The van der Waals surface area contributed by atoms with Crippen LogP contribution in [-0.2, 0) is 35.3 Å². The summed E-state index contributed by atoms with van der Waals surface area (Å²) in [6.45, 7) is 0.614. The van der Waals surface area contributed by atoms with Gasteiger partial charge in [0.05, 0.1) is 11.7 Å². The molecule has 2 aromatic rings. The van der Waals surface area contributed by atoms with Crippen molar-refractivity contribution >= 4 is 75.2 Å². The van der Waals surface area contributed by atoms with Gasteiger partial charge < -0.3 is 46.3 Å². The molecule has 20 heteroatoms. The fourth-order valence-corrected chi connectivity index (χ4v) is 6.93. The molecule has 3 aliphatic rings. The van der Waals surface area contributed by atoms with Crippen LogP contribution in [0.15, 0.2) is 57.7 Å². The number of thioether (sulfide) groups is 1. The SMILES string of the molecule is Nc1nc(/C(=N/O)C(=O)N[C@@H]2C(=O)N3C(C(=O)[O-])=C(/C=C4\CCN(Cc5ccc(NC(=O)CCC(=O)[O-])cc5)C4=O)CS[C@H]23)cs1.[Na+].[Na+]. The molecule has 4 amide bonds. The van der Waals surface area contributed by atoms with Crippen LogP contribution in [-0.4, -0.2) is 85.0 Å². The monoisotopic (exact) mass is 713 g/mol. The Bertz CT molecular complexity index is 1730. The summed E-state index contributed by atoms with van der Waals surface area (Å²) in [5, 5.41) is 40.8. The van der Waals surface area contributed by atoms with Crippen molar-refractivity contribution in [1.82, 2.24) is 20.1 Å². The molecule has 3 aliphatic heterocycles. The van der Waals surface area contributed by atoms with Crippen molar-refractivity contribution in [3.05, 3.63) is 63.8 Å². The van der Waals surface area contributed by atoms with E-state index in [0.717, 1.165) is 21.8 Å². The summed E-state index contributed by atoms with van der Waals surface area (Å²) in [4.78, 5) is 80.0. The number of hydrogen-bond donors (Lipinski definition) is 4. The zero-order valence-electron chi connectivity index (χ0n) is 25.8. The Labute approximate surface area is 325 Å². The fraction of sp³-hybridized carbons (Fsp3) is 0.286. The van der Waals surface area contributed by atoms with Gasteiger partial charge in [-0.1, -0.05) is 17.3 Å². The van der Waals surface area contributed by atoms with Gasteiger partial charge in [-0.3, -0.25) is 24.1 Å². The van der Waals surface area contributed by atoms with Crippen molar-refractivity contribution < 1.29 is 103 Å². The van der Waals surface area contributed by atoms with Crippen LogP contribution < -0.4 is 85.7 Å². The maximum atomic E-state index is 13.2. The number of nitrogens with two attached hydrogens (primary N) is 1. The third-order valence-electron chi connectivity index (χ3n) is 7.29. The van der Waals surface area contributed by atoms with Gasteiger partial charge in [-0.25, -0.2) is 4.98 Å². The van der Waals surface area contributed by atoms with Crippen molar-refractivity contribution in [3.63, 3.8) is 0 Å². The molecule has 0 radical (unpaired) electrons. The number of carboxylic acids is 2. The van der Waals surface area contributed by atoms with Gasteiger partial charge in [-0.05, 0) is 42.2 Å². The third-order valence-corrected chi connectivity index (χ3v) is 9.26. The summed E-state index contributed by atoms with van der Waals surface area (Å²) in [7, 11) is 0. The Hall–Kier alpha value is -3.23. The Morgan fingerprint density at radius 2 is 1.83 bits per heavy atom. The van der Waals surface area contributed by atoms with Crippen LogP contribution in [0.25, 0.3) is 0 Å². The van der Waals surface area contributed by atoms with E-state index in [1.54, 1.807) is 29.2 Å². The number of carboxylic acid groups (broad SMARTS) is 2. The summed E-state index contributed by atoms with van der Waals surface area (Å²) < 4.78 is 0. The predicted octanol–water partition coefficient (Wildman–Crippen LogP) is -7.86. The van der Waals surface area contributed by atoms with Crippen LogP contribution in [0.4, 0.5) is 10.8 Å². The van der Waals surface area contributed by atoms with E-state index in [0.29, 0.717) is 24.2 Å². The molecular formula is C28H25N7Na2O9S2. The molecule has 0 unspecified atom stereocenters. The second kappa shape index (κ2) is 16.9. The maximum Gasteiger partial charge on any atom is 1.00 e. The van der Waals surface area contributed by atoms with Crippen molar-refractivity contribution in [2.24, 2.45) is 5.16 Å². The summed E-state index contributed by atoms with van der Waals surface area (Å²) in [6.07, 6.45) is 1.19. The average Bonchev–Trinajstić information content (AvgIpc) is 3.60. The quantitative estimate of drug-likeness (QED) is 0.0423. The molecule has 0 saturated carbocycles. The number of thiazole rings is 1. The van der Waals surface area contributed by atoms with E-state index in [-0.39, 0.29) is 100 Å². The summed E-state index contributed by atoms with van der Waals surface area (Å²) in [5.41, 5.74) is 6.53. The molecule has 1 aromatic carbocycles. The third kappa shape index (κ3) is 8.67. The van der Waals surface area contributed by atoms with E-state index >= 15 is 0 Å². The first-order valence-corrected chi connectivity index (χ1v) is 15.6. The minimum absolute atomic E-state index is 0. The number of nitrogen functional groups attached to an aromatic ring is 1. The largest absolute Gasteiger partial charge is 1.00 e. The van der Waals surface area contributed by atoms with Gasteiger partial charge in [0.1, 0.15) is 17.1 Å². The molecule has 5 N–H and O–H groups in total. The molecule has 48 heavy (non-hydrogen) atoms. The minimum Gasteiger partial charge on any atom is -0.550 e. The number of hydrogen-bond acceptors (Lipinski definition) is 14. The molecule has 4 heterocycles. The van der Waals surface area contributed by atoms with Crippen LogP contribution in [0.3, 0.4) is 0 Å². The first kappa shape index (κ1) is 39.2. The first-order valence-electron chi connectivity index (χ1n) is 13.7. The molecule has 2 saturated heterocycles. The van der Waals surface area contributed by atoms with Crippen LogP contribution in [0.1, 0.15) is 30.5 Å². The van der Waals surface area contributed by atoms with Gasteiger partial charge in [0, 0.05) is 47.9 Å². The Balaban J connectivity index is 0.00000312. The number of benzene rings is 1. The van der Waals surface area contributed by atoms with Gasteiger partial charge in [0.2, 0.25) is 11.8 Å². The normalized spacial score (nSPS) is 19.6. The Morgan fingerprint density at radius 1 is 1.12 bits per heavy atom. The van der Waals surface area contributed by atoms with Crippen LogP contribution in [0, 0.1) is 0 Å². The first-order chi connectivity index (χ1) is 22.0. The topological polar surface area (TPSA) is 251 Å². The number of β-lactam (4-membered cyclic amide) rings is 1. The van der Waals surface area contributed by atoms with E-state index in [2.05, 4.69) is 20.8 Å². The Morgan fingerprint density at radius 3 is 2.44 bits per heavy atom. The predicted molar refractivity (Wildman–Crippen MR) is 159 cm³/mol. The number of carbonyl (C=O) groups excluding carboxylic acids is 6. The Kier molecular flexibility index (Phi) is 13.8. The zero-order chi connectivity index (χ0) is 33.1. The molecule has 5 rings (SSSR count). The molecule has 0 bridgehead atoms. The molecule has 1 aromatic heterocycles. The molecule has 2 fully saturated rings. The summed E-state index contributed by atoms with van der Waals surface area (Å²) >= 11 is 2.21. The second-order valence-electron chi connectivity index (χ2n) is 10.3. The average molecular weight is 714 g/mol.